The molecule has 0 radical (unpaired) electrons. The molecule has 0 aromatic carbocycles. The fraction of sp³-hybridized carbons (Fsp3) is 0.385. The predicted molar refractivity (Wildman–Crippen MR) is 108 cm³/mol. The first-order valence-electron chi connectivity index (χ1n) is 10.2. The Morgan fingerprint density at radius 1 is 0.704 bits per heavy atom. The fourth-order valence-electron chi connectivity index (χ4n) is 5.78. The van der Waals surface area contributed by atoms with E-state index in [9.17, 15) is 0 Å². The summed E-state index contributed by atoms with van der Waals surface area (Å²) >= 11 is 0. The molecule has 2 spiro atoms. The van der Waals surface area contributed by atoms with E-state index in [1.54, 1.807) is 11.1 Å². The van der Waals surface area contributed by atoms with Crippen LogP contribution in [0.3, 0.4) is 0 Å². The maximum absolute atomic E-state index is 3.26. The van der Waals surface area contributed by atoms with Gasteiger partial charge in [-0.25, -0.2) is 0 Å². The van der Waals surface area contributed by atoms with Crippen LogP contribution in [0, 0.1) is 23.0 Å². The van der Waals surface area contributed by atoms with E-state index in [4.69, 9.17) is 0 Å². The van der Waals surface area contributed by atoms with E-state index >= 15 is 0 Å². The molecule has 0 saturated heterocycles. The monoisotopic (exact) mass is 428 g/mol. The minimum absolute atomic E-state index is 0. The van der Waals surface area contributed by atoms with Gasteiger partial charge in [0, 0.05) is 0 Å². The van der Waals surface area contributed by atoms with E-state index in [1.807, 2.05) is 0 Å². The molecule has 0 heterocycles. The van der Waals surface area contributed by atoms with Crippen LogP contribution in [0.5, 0.6) is 0 Å². The van der Waals surface area contributed by atoms with Gasteiger partial charge >= 0.3 is 26.2 Å². The van der Waals surface area contributed by atoms with Gasteiger partial charge in [-0.15, -0.1) is 23.3 Å². The van der Waals surface area contributed by atoms with E-state index in [0.29, 0.717) is 10.8 Å². The van der Waals surface area contributed by atoms with Gasteiger partial charge in [-0.1, -0.05) is 73.7 Å². The Balaban J connectivity index is 0.000000129. The normalized spacial score (nSPS) is 33.8. The molecule has 0 bridgehead atoms. The Labute approximate surface area is 183 Å². The zero-order valence-electron chi connectivity index (χ0n) is 15.9. The molecule has 27 heavy (non-hydrogen) atoms. The second-order valence-corrected chi connectivity index (χ2v) is 8.34. The fourth-order valence-corrected chi connectivity index (χ4v) is 5.78. The van der Waals surface area contributed by atoms with Gasteiger partial charge in [0.2, 0.25) is 0 Å². The van der Waals surface area contributed by atoms with Gasteiger partial charge in [-0.3, -0.25) is 0 Å². The Kier molecular flexibility index (Phi) is 5.44. The summed E-state index contributed by atoms with van der Waals surface area (Å²) in [5, 5.41) is 0. The van der Waals surface area contributed by atoms with Crippen molar-refractivity contribution in [1.29, 1.82) is 0 Å². The van der Waals surface area contributed by atoms with Crippen LogP contribution in [0.1, 0.15) is 51.4 Å². The Bertz CT molecular complexity index is 783. The summed E-state index contributed by atoms with van der Waals surface area (Å²) in [4.78, 5) is 0. The van der Waals surface area contributed by atoms with Crippen LogP contribution in [-0.4, -0.2) is 0 Å². The molecule has 1 heteroatoms. The summed E-state index contributed by atoms with van der Waals surface area (Å²) in [6, 6.07) is 0. The molecule has 0 nitrogen and oxygen atoms in total. The third kappa shape index (κ3) is 3.07. The smallest absolute Gasteiger partial charge is 0.184 e. The van der Waals surface area contributed by atoms with Crippen molar-refractivity contribution >= 4 is 0 Å². The Morgan fingerprint density at radius 3 is 1.67 bits per heavy atom. The molecule has 134 valence electrons. The summed E-state index contributed by atoms with van der Waals surface area (Å²) in [6.07, 6.45) is 39.1. The molecule has 6 rings (SSSR count). The predicted octanol–water partition coefficient (Wildman–Crippen LogP) is 6.68. The van der Waals surface area contributed by atoms with Crippen molar-refractivity contribution in [3.63, 3.8) is 0 Å². The topological polar surface area (TPSA) is 0 Å². The van der Waals surface area contributed by atoms with Crippen LogP contribution in [-0.2, 0) is 26.2 Å². The maximum Gasteiger partial charge on any atom is 2.00 e. The van der Waals surface area contributed by atoms with Gasteiger partial charge in [0.05, 0.1) is 0 Å². The molecule has 0 aromatic rings. The molecule has 0 aromatic heterocycles. The largest absolute Gasteiger partial charge is 2.00 e. The molecule has 6 aliphatic carbocycles. The number of rotatable bonds is 0. The molecule has 6 aliphatic rings. The molecule has 0 N–H and O–H groups in total. The molecule has 0 aliphatic heterocycles. The summed E-state index contributed by atoms with van der Waals surface area (Å²) in [5.41, 5.74) is 7.02. The molecular formula is C26H26Zr. The van der Waals surface area contributed by atoms with Crippen molar-refractivity contribution in [2.24, 2.45) is 10.8 Å². The Morgan fingerprint density at radius 2 is 1.19 bits per heavy atom. The number of allylic oxidation sites excluding steroid dienone is 16. The molecule has 2 saturated carbocycles. The maximum atomic E-state index is 3.26. The SMILES string of the molecule is [C-]1=CC2=CC=CCC23CCCC3=C1.[C-]1=CC2=CC=CCC23CCCC3=C1.[Zr+2]. The van der Waals surface area contributed by atoms with Crippen molar-refractivity contribution in [2.45, 2.75) is 51.4 Å². The van der Waals surface area contributed by atoms with Crippen LogP contribution in [0.2, 0.25) is 0 Å². The van der Waals surface area contributed by atoms with E-state index in [0.717, 1.165) is 0 Å². The number of hydrogen-bond donors (Lipinski definition) is 0. The molecule has 2 unspecified atom stereocenters. The average molecular weight is 430 g/mol. The Hall–Kier alpha value is -1.20. The average Bonchev–Trinajstić information content (AvgIpc) is 3.30. The molecular weight excluding hydrogens is 404 g/mol. The van der Waals surface area contributed by atoms with E-state index in [-0.39, 0.29) is 26.2 Å². The summed E-state index contributed by atoms with van der Waals surface area (Å²) < 4.78 is 0. The standard InChI is InChI=1S/2C13H13.Zr/c2*1-2-9-13-10-4-8-12(13)7-3-6-11(13)5-1;/h2*1-2,5-7H,4,8-10H2;/q2*-1;+2. The van der Waals surface area contributed by atoms with Crippen molar-refractivity contribution in [2.75, 3.05) is 0 Å². The van der Waals surface area contributed by atoms with Crippen LogP contribution < -0.4 is 0 Å². The summed E-state index contributed by atoms with van der Waals surface area (Å²) in [7, 11) is 0. The number of hydrogen-bond acceptors (Lipinski definition) is 0. The quantitative estimate of drug-likeness (QED) is 0.377. The first kappa shape index (κ1) is 19.1. The third-order valence-electron chi connectivity index (χ3n) is 7.18. The summed E-state index contributed by atoms with van der Waals surface area (Å²) in [6.45, 7) is 0. The molecule has 2 fully saturated rings. The van der Waals surface area contributed by atoms with Gasteiger partial charge in [0.1, 0.15) is 0 Å². The van der Waals surface area contributed by atoms with Gasteiger partial charge in [0.15, 0.2) is 0 Å². The molecule has 2 atom stereocenters. The van der Waals surface area contributed by atoms with Crippen molar-refractivity contribution in [3.8, 4) is 0 Å². The summed E-state index contributed by atoms with van der Waals surface area (Å²) in [5.74, 6) is 0. The van der Waals surface area contributed by atoms with Crippen LogP contribution in [0.4, 0.5) is 0 Å². The van der Waals surface area contributed by atoms with Crippen LogP contribution in [0.15, 0.2) is 83.1 Å². The first-order valence-corrected chi connectivity index (χ1v) is 10.2. The third-order valence-corrected chi connectivity index (χ3v) is 7.18. The van der Waals surface area contributed by atoms with Crippen molar-refractivity contribution in [1.82, 2.24) is 0 Å². The van der Waals surface area contributed by atoms with Crippen LogP contribution >= 0.6 is 0 Å². The van der Waals surface area contributed by atoms with Gasteiger partial charge in [0.25, 0.3) is 0 Å². The van der Waals surface area contributed by atoms with Gasteiger partial charge in [-0.2, -0.15) is 47.6 Å². The van der Waals surface area contributed by atoms with Crippen molar-refractivity contribution in [3.05, 3.63) is 95.2 Å². The second-order valence-electron chi connectivity index (χ2n) is 8.34. The van der Waals surface area contributed by atoms with Gasteiger partial charge in [-0.05, 0) is 12.8 Å². The van der Waals surface area contributed by atoms with Gasteiger partial charge < -0.3 is 0 Å². The molecule has 0 amide bonds. The van der Waals surface area contributed by atoms with E-state index in [1.165, 1.54) is 62.5 Å². The van der Waals surface area contributed by atoms with E-state index in [2.05, 4.69) is 72.9 Å². The zero-order chi connectivity index (χ0) is 17.5. The van der Waals surface area contributed by atoms with Crippen molar-refractivity contribution < 1.29 is 26.2 Å². The minimum Gasteiger partial charge on any atom is -0.184 e. The van der Waals surface area contributed by atoms with Crippen LogP contribution in [0.25, 0.3) is 0 Å². The minimum atomic E-state index is 0. The van der Waals surface area contributed by atoms with E-state index < -0.39 is 0 Å². The second kappa shape index (κ2) is 7.67. The first-order chi connectivity index (χ1) is 12.8. The zero-order valence-corrected chi connectivity index (χ0v) is 18.4.